The third-order valence-corrected chi connectivity index (χ3v) is 5.84. The first-order valence-electron chi connectivity index (χ1n) is 7.89. The Bertz CT molecular complexity index is 505. The molecule has 0 radical (unpaired) electrons. The number of rotatable bonds is 3. The van der Waals surface area contributed by atoms with Crippen LogP contribution in [0.15, 0.2) is 24.3 Å². The average Bonchev–Trinajstić information content (AvgIpc) is 2.53. The van der Waals surface area contributed by atoms with Crippen LogP contribution >= 0.6 is 15.9 Å². The fourth-order valence-electron chi connectivity index (χ4n) is 3.36. The molecule has 0 saturated heterocycles. The van der Waals surface area contributed by atoms with Crippen LogP contribution in [0.25, 0.3) is 0 Å². The van der Waals surface area contributed by atoms with E-state index in [9.17, 15) is 4.79 Å². The number of amides is 1. The van der Waals surface area contributed by atoms with Crippen molar-refractivity contribution in [1.82, 2.24) is 5.32 Å². The van der Waals surface area contributed by atoms with Crippen LogP contribution in [0.5, 0.6) is 5.75 Å². The van der Waals surface area contributed by atoms with Crippen LogP contribution in [0.4, 0.5) is 0 Å². The molecule has 1 fully saturated rings. The Hall–Kier alpha value is -1.03. The monoisotopic (exact) mass is 351 g/mol. The third-order valence-electron chi connectivity index (χ3n) is 4.63. The van der Waals surface area contributed by atoms with Gasteiger partial charge < -0.3 is 10.1 Å². The van der Waals surface area contributed by atoms with Crippen LogP contribution in [-0.2, 0) is 4.79 Å². The van der Waals surface area contributed by atoms with Crippen LogP contribution < -0.4 is 10.1 Å². The van der Waals surface area contributed by atoms with E-state index < -0.39 is 0 Å². The van der Waals surface area contributed by atoms with E-state index in [2.05, 4.69) is 21.2 Å². The van der Waals surface area contributed by atoms with Gasteiger partial charge in [-0.2, -0.15) is 0 Å². The first-order chi connectivity index (χ1) is 10.3. The summed E-state index contributed by atoms with van der Waals surface area (Å²) in [5.74, 6) is 1.51. The van der Waals surface area contributed by atoms with E-state index in [0.29, 0.717) is 17.4 Å². The second kappa shape index (κ2) is 6.82. The lowest BCUT2D eigenvalue weighted by Gasteiger charge is -2.29. The zero-order valence-corrected chi connectivity index (χ0v) is 13.8. The minimum atomic E-state index is -0.0627. The zero-order valence-electron chi connectivity index (χ0n) is 12.2. The highest BCUT2D eigenvalue weighted by Crippen LogP contribution is 2.34. The van der Waals surface area contributed by atoms with Crippen LogP contribution in [0.1, 0.15) is 43.6 Å². The summed E-state index contributed by atoms with van der Waals surface area (Å²) in [5.41, 5.74) is 1.03. The number of hydrogen-bond acceptors (Lipinski definition) is 2. The van der Waals surface area contributed by atoms with Crippen molar-refractivity contribution >= 4 is 21.8 Å². The van der Waals surface area contributed by atoms with E-state index >= 15 is 0 Å². The van der Waals surface area contributed by atoms with Crippen LogP contribution in [0.3, 0.4) is 0 Å². The summed E-state index contributed by atoms with van der Waals surface area (Å²) in [5, 5.41) is 3.17. The third kappa shape index (κ3) is 3.42. The molecular formula is C17H22BrNO2. The van der Waals surface area contributed by atoms with Crippen molar-refractivity contribution in [3.05, 3.63) is 29.8 Å². The molecular weight excluding hydrogens is 330 g/mol. The second-order valence-corrected chi connectivity index (χ2v) is 7.21. The van der Waals surface area contributed by atoms with Crippen molar-refractivity contribution in [2.75, 3.05) is 13.2 Å². The number of halogens is 1. The number of nitrogens with one attached hydrogen (secondary N) is 1. The van der Waals surface area contributed by atoms with Gasteiger partial charge >= 0.3 is 0 Å². The molecule has 1 heterocycles. The van der Waals surface area contributed by atoms with Crippen molar-refractivity contribution < 1.29 is 9.53 Å². The molecule has 2 aliphatic rings. The van der Waals surface area contributed by atoms with Gasteiger partial charge in [0, 0.05) is 16.9 Å². The van der Waals surface area contributed by atoms with Gasteiger partial charge in [0.05, 0.1) is 12.5 Å². The molecule has 1 aliphatic carbocycles. The molecule has 3 atom stereocenters. The van der Waals surface area contributed by atoms with E-state index in [1.54, 1.807) is 0 Å². The Labute approximate surface area is 134 Å². The topological polar surface area (TPSA) is 38.3 Å². The first kappa shape index (κ1) is 14.9. The quantitative estimate of drug-likeness (QED) is 0.844. The lowest BCUT2D eigenvalue weighted by atomic mass is 9.88. The van der Waals surface area contributed by atoms with Crippen molar-refractivity contribution in [2.45, 2.75) is 42.8 Å². The fourth-order valence-corrected chi connectivity index (χ4v) is 4.14. The molecule has 1 aromatic carbocycles. The first-order valence-corrected chi connectivity index (χ1v) is 8.81. The summed E-state index contributed by atoms with van der Waals surface area (Å²) in [7, 11) is 0. The number of ether oxygens (including phenoxy) is 1. The predicted octanol–water partition coefficient (Wildman–Crippen LogP) is 3.62. The summed E-state index contributed by atoms with van der Waals surface area (Å²) in [6.45, 7) is 1.41. The second-order valence-electron chi connectivity index (χ2n) is 6.03. The molecule has 0 bridgehead atoms. The zero-order chi connectivity index (χ0) is 14.7. The van der Waals surface area contributed by atoms with Gasteiger partial charge in [0.15, 0.2) is 0 Å². The molecule has 4 heteroatoms. The normalized spacial score (nSPS) is 28.3. The van der Waals surface area contributed by atoms with E-state index in [4.69, 9.17) is 4.74 Å². The summed E-state index contributed by atoms with van der Waals surface area (Å²) >= 11 is 3.76. The smallest absolute Gasteiger partial charge is 0.227 e. The van der Waals surface area contributed by atoms with E-state index in [-0.39, 0.29) is 11.8 Å². The molecule has 0 aromatic heterocycles. The van der Waals surface area contributed by atoms with Crippen molar-refractivity contribution in [3.63, 3.8) is 0 Å². The van der Waals surface area contributed by atoms with Crippen LogP contribution in [0, 0.1) is 5.92 Å². The molecule has 1 saturated carbocycles. The van der Waals surface area contributed by atoms with Gasteiger partial charge in [0.25, 0.3) is 0 Å². The van der Waals surface area contributed by atoms with Gasteiger partial charge in [-0.25, -0.2) is 0 Å². The molecule has 21 heavy (non-hydrogen) atoms. The molecule has 1 N–H and O–H groups in total. The standard InChI is InChI=1S/C17H22BrNO2/c18-15-7-3-1-5-12(15)11-19-17(20)14-9-10-21-16-8-4-2-6-13(14)16/h2,4,6,8,12,14-15H,1,3,5,7,9-11H2,(H,19,20). The molecule has 3 unspecified atom stereocenters. The summed E-state index contributed by atoms with van der Waals surface area (Å²) < 4.78 is 5.63. The van der Waals surface area contributed by atoms with Crippen LogP contribution in [-0.4, -0.2) is 23.9 Å². The Kier molecular flexibility index (Phi) is 4.84. The minimum Gasteiger partial charge on any atom is -0.493 e. The fraction of sp³-hybridized carbons (Fsp3) is 0.588. The Morgan fingerprint density at radius 1 is 1.24 bits per heavy atom. The van der Waals surface area contributed by atoms with Crippen molar-refractivity contribution in [3.8, 4) is 5.75 Å². The number of carbonyl (C=O) groups is 1. The highest BCUT2D eigenvalue weighted by molar-refractivity contribution is 9.09. The molecule has 1 aliphatic heterocycles. The Balaban J connectivity index is 1.61. The lowest BCUT2D eigenvalue weighted by molar-refractivity contribution is -0.123. The maximum absolute atomic E-state index is 12.5. The number of benzene rings is 1. The lowest BCUT2D eigenvalue weighted by Crippen LogP contribution is -2.38. The van der Waals surface area contributed by atoms with Crippen molar-refractivity contribution in [2.24, 2.45) is 5.92 Å². The van der Waals surface area contributed by atoms with Gasteiger partial charge in [-0.1, -0.05) is 47.0 Å². The minimum absolute atomic E-state index is 0.0627. The Morgan fingerprint density at radius 3 is 2.90 bits per heavy atom. The molecule has 1 amide bonds. The number of hydrogen-bond donors (Lipinski definition) is 1. The van der Waals surface area contributed by atoms with Crippen LogP contribution in [0.2, 0.25) is 0 Å². The highest BCUT2D eigenvalue weighted by atomic mass is 79.9. The number of fused-ring (bicyclic) bond motifs is 1. The highest BCUT2D eigenvalue weighted by Gasteiger charge is 2.29. The number of alkyl halides is 1. The molecule has 1 aromatic rings. The van der Waals surface area contributed by atoms with E-state index in [1.807, 2.05) is 24.3 Å². The molecule has 3 nitrogen and oxygen atoms in total. The maximum Gasteiger partial charge on any atom is 0.227 e. The summed E-state index contributed by atoms with van der Waals surface area (Å²) in [4.78, 5) is 13.1. The average molecular weight is 352 g/mol. The van der Waals surface area contributed by atoms with Gasteiger partial charge in [-0.05, 0) is 31.2 Å². The Morgan fingerprint density at radius 2 is 2.05 bits per heavy atom. The van der Waals surface area contributed by atoms with E-state index in [0.717, 1.165) is 24.3 Å². The van der Waals surface area contributed by atoms with Crippen molar-refractivity contribution in [1.29, 1.82) is 0 Å². The maximum atomic E-state index is 12.5. The van der Waals surface area contributed by atoms with Gasteiger partial charge in [0.2, 0.25) is 5.91 Å². The molecule has 3 rings (SSSR count). The van der Waals surface area contributed by atoms with Gasteiger partial charge in [-0.15, -0.1) is 0 Å². The summed E-state index contributed by atoms with van der Waals surface area (Å²) in [6, 6.07) is 7.89. The number of para-hydroxylation sites is 1. The number of carbonyl (C=O) groups excluding carboxylic acids is 1. The largest absolute Gasteiger partial charge is 0.493 e. The predicted molar refractivity (Wildman–Crippen MR) is 87.0 cm³/mol. The summed E-state index contributed by atoms with van der Waals surface area (Å²) in [6.07, 6.45) is 5.78. The van der Waals surface area contributed by atoms with Gasteiger partial charge in [-0.3, -0.25) is 4.79 Å². The molecule has 0 spiro atoms. The molecule has 114 valence electrons. The van der Waals surface area contributed by atoms with Gasteiger partial charge in [0.1, 0.15) is 5.75 Å². The SMILES string of the molecule is O=C(NCC1CCCCC1Br)C1CCOc2ccccc21. The van der Waals surface area contributed by atoms with E-state index in [1.165, 1.54) is 25.7 Å².